The number of urea groups is 1. The van der Waals surface area contributed by atoms with Crippen LogP contribution in [-0.4, -0.2) is 54.5 Å². The molecule has 1 unspecified atom stereocenters. The lowest BCUT2D eigenvalue weighted by Gasteiger charge is -2.38. The number of rotatable bonds is 6. The molecule has 3 N–H and O–H groups in total. The van der Waals surface area contributed by atoms with E-state index in [4.69, 9.17) is 5.73 Å². The van der Waals surface area contributed by atoms with Crippen LogP contribution >= 0.6 is 11.3 Å². The Kier molecular flexibility index (Phi) is 6.35. The van der Waals surface area contributed by atoms with Crippen molar-refractivity contribution in [2.75, 3.05) is 32.7 Å². The number of nitrogens with zero attached hydrogens (tertiary/aromatic N) is 2. The Labute approximate surface area is 135 Å². The molecule has 0 saturated carbocycles. The summed E-state index contributed by atoms with van der Waals surface area (Å²) in [5.41, 5.74) is 6.30. The van der Waals surface area contributed by atoms with Crippen LogP contribution in [0.3, 0.4) is 0 Å². The van der Waals surface area contributed by atoms with E-state index in [0.717, 1.165) is 39.1 Å². The van der Waals surface area contributed by atoms with E-state index in [1.807, 2.05) is 0 Å². The van der Waals surface area contributed by atoms with Gasteiger partial charge >= 0.3 is 6.03 Å². The van der Waals surface area contributed by atoms with Crippen molar-refractivity contribution < 1.29 is 9.59 Å². The molecule has 1 saturated heterocycles. The van der Waals surface area contributed by atoms with Gasteiger partial charge in [-0.3, -0.25) is 15.0 Å². The number of primary amides is 1. The molecule has 122 valence electrons. The van der Waals surface area contributed by atoms with Gasteiger partial charge in [0.25, 0.3) is 0 Å². The topological polar surface area (TPSA) is 78.7 Å². The Morgan fingerprint density at radius 1 is 1.36 bits per heavy atom. The number of imide groups is 1. The van der Waals surface area contributed by atoms with E-state index in [2.05, 4.69) is 38.9 Å². The lowest BCUT2D eigenvalue weighted by atomic mass is 10.1. The molecule has 0 spiro atoms. The number of thiophene rings is 1. The van der Waals surface area contributed by atoms with Crippen LogP contribution < -0.4 is 11.1 Å². The number of amides is 3. The molecule has 0 aromatic carbocycles. The maximum absolute atomic E-state index is 11.3. The minimum absolute atomic E-state index is 0.294. The van der Waals surface area contributed by atoms with Gasteiger partial charge in [0.1, 0.15) is 0 Å². The van der Waals surface area contributed by atoms with Gasteiger partial charge in [-0.15, -0.1) is 0 Å². The predicted octanol–water partition coefficient (Wildman–Crippen LogP) is 1.40. The first-order valence-corrected chi connectivity index (χ1v) is 8.58. The molecule has 0 bridgehead atoms. The number of piperazine rings is 1. The first-order chi connectivity index (χ1) is 10.6. The number of carbonyl (C=O) groups is 2. The average Bonchev–Trinajstić information content (AvgIpc) is 3.00. The summed E-state index contributed by atoms with van der Waals surface area (Å²) in [6.07, 6.45) is 1.09. The van der Waals surface area contributed by atoms with Crippen molar-refractivity contribution in [2.45, 2.75) is 25.8 Å². The van der Waals surface area contributed by atoms with Crippen molar-refractivity contribution >= 4 is 23.3 Å². The third kappa shape index (κ3) is 5.08. The van der Waals surface area contributed by atoms with E-state index in [1.165, 1.54) is 5.56 Å². The van der Waals surface area contributed by atoms with E-state index in [-0.39, 0.29) is 5.91 Å². The van der Waals surface area contributed by atoms with Crippen LogP contribution in [0.15, 0.2) is 16.8 Å². The van der Waals surface area contributed by atoms with E-state index in [0.29, 0.717) is 12.5 Å². The van der Waals surface area contributed by atoms with Gasteiger partial charge in [-0.1, -0.05) is 0 Å². The SMILES string of the molecule is CC(c1ccsc1)N1CCN(CCCC(=O)NC(N)=O)CC1. The molecule has 7 heteroatoms. The summed E-state index contributed by atoms with van der Waals surface area (Å²) < 4.78 is 0. The van der Waals surface area contributed by atoms with Crippen LogP contribution in [0.25, 0.3) is 0 Å². The maximum Gasteiger partial charge on any atom is 0.318 e. The molecular formula is C15H24N4O2S. The molecule has 1 aromatic heterocycles. The molecule has 1 atom stereocenters. The Balaban J connectivity index is 1.65. The number of nitrogens with one attached hydrogen (secondary N) is 1. The quantitative estimate of drug-likeness (QED) is 0.829. The third-order valence-corrected chi connectivity index (χ3v) is 4.82. The van der Waals surface area contributed by atoms with Crippen molar-refractivity contribution in [3.63, 3.8) is 0 Å². The molecule has 2 heterocycles. The summed E-state index contributed by atoms with van der Waals surface area (Å²) in [6, 6.07) is 1.88. The van der Waals surface area contributed by atoms with E-state index in [1.54, 1.807) is 11.3 Å². The highest BCUT2D eigenvalue weighted by Gasteiger charge is 2.22. The smallest absolute Gasteiger partial charge is 0.318 e. The first kappa shape index (κ1) is 16.9. The second-order valence-electron chi connectivity index (χ2n) is 5.63. The molecule has 1 fully saturated rings. The zero-order chi connectivity index (χ0) is 15.9. The molecular weight excluding hydrogens is 300 g/mol. The third-order valence-electron chi connectivity index (χ3n) is 4.12. The van der Waals surface area contributed by atoms with Gasteiger partial charge in [0.15, 0.2) is 0 Å². The zero-order valence-electron chi connectivity index (χ0n) is 13.0. The van der Waals surface area contributed by atoms with Gasteiger partial charge < -0.3 is 10.6 Å². The number of nitrogens with two attached hydrogens (primary N) is 1. The van der Waals surface area contributed by atoms with Crippen LogP contribution in [0, 0.1) is 0 Å². The summed E-state index contributed by atoms with van der Waals surface area (Å²) in [5.74, 6) is -0.294. The van der Waals surface area contributed by atoms with Crippen LogP contribution in [0.1, 0.15) is 31.4 Å². The summed E-state index contributed by atoms with van der Waals surface area (Å²) >= 11 is 1.74. The normalized spacial score (nSPS) is 18.0. The van der Waals surface area contributed by atoms with Gasteiger partial charge in [-0.2, -0.15) is 11.3 Å². The highest BCUT2D eigenvalue weighted by atomic mass is 32.1. The standard InChI is InChI=1S/C15H24N4O2S/c1-12(13-4-10-22-11-13)19-8-6-18(7-9-19)5-2-3-14(20)17-15(16)21/h4,10-12H,2-3,5-9H2,1H3,(H3,16,17,20,21). The minimum Gasteiger partial charge on any atom is -0.351 e. The second-order valence-corrected chi connectivity index (χ2v) is 6.41. The fourth-order valence-corrected chi connectivity index (χ4v) is 3.51. The Bertz CT molecular complexity index is 484. The van der Waals surface area contributed by atoms with Crippen molar-refractivity contribution in [1.82, 2.24) is 15.1 Å². The van der Waals surface area contributed by atoms with Crippen LogP contribution in [0.5, 0.6) is 0 Å². The Hall–Kier alpha value is -1.44. The van der Waals surface area contributed by atoms with Crippen molar-refractivity contribution in [1.29, 1.82) is 0 Å². The number of hydrogen-bond donors (Lipinski definition) is 2. The molecule has 1 aliphatic heterocycles. The summed E-state index contributed by atoms with van der Waals surface area (Å²) in [7, 11) is 0. The lowest BCUT2D eigenvalue weighted by Crippen LogP contribution is -2.47. The molecule has 0 aliphatic carbocycles. The molecule has 1 aliphatic rings. The van der Waals surface area contributed by atoms with E-state index >= 15 is 0 Å². The monoisotopic (exact) mass is 324 g/mol. The zero-order valence-corrected chi connectivity index (χ0v) is 13.8. The van der Waals surface area contributed by atoms with Crippen molar-refractivity contribution in [3.8, 4) is 0 Å². The van der Waals surface area contributed by atoms with Crippen LogP contribution in [-0.2, 0) is 4.79 Å². The van der Waals surface area contributed by atoms with Crippen molar-refractivity contribution in [2.24, 2.45) is 5.73 Å². The van der Waals surface area contributed by atoms with Crippen LogP contribution in [0.2, 0.25) is 0 Å². The summed E-state index contributed by atoms with van der Waals surface area (Å²) in [4.78, 5) is 26.7. The van der Waals surface area contributed by atoms with Crippen LogP contribution in [0.4, 0.5) is 4.79 Å². The van der Waals surface area contributed by atoms with Gasteiger partial charge in [-0.25, -0.2) is 4.79 Å². The Morgan fingerprint density at radius 3 is 2.68 bits per heavy atom. The minimum atomic E-state index is -0.777. The number of hydrogen-bond acceptors (Lipinski definition) is 5. The molecule has 1 aromatic rings. The largest absolute Gasteiger partial charge is 0.351 e. The average molecular weight is 324 g/mol. The maximum atomic E-state index is 11.3. The highest BCUT2D eigenvalue weighted by molar-refractivity contribution is 7.07. The van der Waals surface area contributed by atoms with E-state index < -0.39 is 6.03 Å². The van der Waals surface area contributed by atoms with Gasteiger partial charge in [-0.05, 0) is 42.3 Å². The molecule has 3 amide bonds. The molecule has 0 radical (unpaired) electrons. The molecule has 22 heavy (non-hydrogen) atoms. The van der Waals surface area contributed by atoms with E-state index in [9.17, 15) is 9.59 Å². The number of carbonyl (C=O) groups excluding carboxylic acids is 2. The second kappa shape index (κ2) is 8.26. The fourth-order valence-electron chi connectivity index (χ4n) is 2.76. The summed E-state index contributed by atoms with van der Waals surface area (Å²) in [5, 5.41) is 6.43. The van der Waals surface area contributed by atoms with Crippen molar-refractivity contribution in [3.05, 3.63) is 22.4 Å². The lowest BCUT2D eigenvalue weighted by molar-refractivity contribution is -0.120. The Morgan fingerprint density at radius 2 is 2.09 bits per heavy atom. The summed E-state index contributed by atoms with van der Waals surface area (Å²) in [6.45, 7) is 7.27. The van der Waals surface area contributed by atoms with Gasteiger partial charge in [0, 0.05) is 38.6 Å². The molecule has 6 nitrogen and oxygen atoms in total. The first-order valence-electron chi connectivity index (χ1n) is 7.64. The fraction of sp³-hybridized carbons (Fsp3) is 0.600. The van der Waals surface area contributed by atoms with Gasteiger partial charge in [0.2, 0.25) is 5.91 Å². The predicted molar refractivity (Wildman–Crippen MR) is 87.7 cm³/mol. The highest BCUT2D eigenvalue weighted by Crippen LogP contribution is 2.23. The molecule has 2 rings (SSSR count). The van der Waals surface area contributed by atoms with Gasteiger partial charge in [0.05, 0.1) is 0 Å².